The van der Waals surface area contributed by atoms with E-state index in [9.17, 15) is 13.2 Å². The van der Waals surface area contributed by atoms with E-state index in [0.717, 1.165) is 6.26 Å². The third kappa shape index (κ3) is 6.39. The fourth-order valence-corrected chi connectivity index (χ4v) is 3.80. The molecule has 0 saturated carbocycles. The largest absolute Gasteiger partial charge is 0.469 e. The van der Waals surface area contributed by atoms with E-state index in [-0.39, 0.29) is 40.3 Å². The molecule has 1 atom stereocenters. The monoisotopic (exact) mass is 496 g/mol. The van der Waals surface area contributed by atoms with Gasteiger partial charge >= 0.3 is 5.97 Å². The van der Waals surface area contributed by atoms with Crippen molar-refractivity contribution in [3.05, 3.63) is 41.4 Å². The first-order valence-corrected chi connectivity index (χ1v) is 12.0. The number of hydrogen-bond acceptors (Lipinski definition) is 8. The number of esters is 1. The molecule has 2 aromatic heterocycles. The van der Waals surface area contributed by atoms with Crippen molar-refractivity contribution in [2.45, 2.75) is 13.3 Å². The first-order valence-electron chi connectivity index (χ1n) is 9.72. The molecule has 0 amide bonds. The average Bonchev–Trinajstić information content (AvgIpc) is 3.23. The number of H-pyrrole nitrogens is 1. The van der Waals surface area contributed by atoms with Gasteiger partial charge < -0.3 is 10.1 Å². The number of nitrogens with one attached hydrogen (secondary N) is 3. The summed E-state index contributed by atoms with van der Waals surface area (Å²) in [6.45, 7) is 2.31. The maximum absolute atomic E-state index is 15.1. The summed E-state index contributed by atoms with van der Waals surface area (Å²) in [5.41, 5.74) is 0.879. The second-order valence-electron chi connectivity index (χ2n) is 7.38. The molecule has 2 heterocycles. The highest BCUT2D eigenvalue weighted by Gasteiger charge is 2.20. The maximum Gasteiger partial charge on any atom is 0.305 e. The van der Waals surface area contributed by atoms with Crippen molar-refractivity contribution >= 4 is 39.2 Å². The smallest absolute Gasteiger partial charge is 0.305 e. The molecule has 0 aliphatic carbocycles. The first-order chi connectivity index (χ1) is 15.6. The number of aromatic nitrogens is 4. The van der Waals surface area contributed by atoms with Crippen molar-refractivity contribution < 1.29 is 22.3 Å². The number of anilines is 2. The molecule has 3 aromatic rings. The lowest BCUT2D eigenvalue weighted by Gasteiger charge is -2.12. The Bertz CT molecular complexity index is 1270. The van der Waals surface area contributed by atoms with Crippen molar-refractivity contribution in [2.75, 3.05) is 29.9 Å². The van der Waals surface area contributed by atoms with E-state index in [1.54, 1.807) is 6.07 Å². The topological polar surface area (TPSA) is 139 Å². The Hall–Kier alpha value is -3.25. The number of aromatic amines is 1. The number of sulfonamides is 1. The van der Waals surface area contributed by atoms with Crippen molar-refractivity contribution in [3.63, 3.8) is 0 Å². The minimum absolute atomic E-state index is 0.0148. The minimum atomic E-state index is -3.73. The van der Waals surface area contributed by atoms with Crippen LogP contribution in [0.1, 0.15) is 13.3 Å². The summed E-state index contributed by atoms with van der Waals surface area (Å²) in [6, 6.07) is 4.16. The van der Waals surface area contributed by atoms with Crippen LogP contribution in [0.25, 0.3) is 22.5 Å². The Balaban J connectivity index is 1.90. The molecule has 3 N–H and O–H groups in total. The summed E-state index contributed by atoms with van der Waals surface area (Å²) < 4.78 is 45.1. The number of hydrogen-bond donors (Lipinski definition) is 3. The predicted octanol–water partition coefficient (Wildman–Crippen LogP) is 3.31. The zero-order chi connectivity index (χ0) is 24.2. The first kappa shape index (κ1) is 24.4. The minimum Gasteiger partial charge on any atom is -0.469 e. The van der Waals surface area contributed by atoms with Crippen molar-refractivity contribution in [1.29, 1.82) is 0 Å². The third-order valence-corrected chi connectivity index (χ3v) is 5.33. The van der Waals surface area contributed by atoms with Crippen molar-refractivity contribution in [1.82, 2.24) is 20.2 Å². The Labute approximate surface area is 195 Å². The highest BCUT2D eigenvalue weighted by atomic mass is 35.5. The lowest BCUT2D eigenvalue weighted by atomic mass is 10.0. The number of nitrogens with zero attached hydrogens (tertiary/aromatic N) is 3. The van der Waals surface area contributed by atoms with Crippen molar-refractivity contribution in [2.24, 2.45) is 5.92 Å². The fraction of sp³-hybridized carbons (Fsp3) is 0.300. The number of ether oxygens (including phenoxy) is 1. The van der Waals surface area contributed by atoms with Crippen LogP contribution in [0.3, 0.4) is 0 Å². The van der Waals surface area contributed by atoms with Gasteiger partial charge in [0.1, 0.15) is 0 Å². The molecule has 0 aliphatic heterocycles. The van der Waals surface area contributed by atoms with Gasteiger partial charge in [-0.15, -0.1) is 0 Å². The number of methoxy groups -OCH3 is 1. The summed E-state index contributed by atoms with van der Waals surface area (Å²) in [7, 11) is -2.39. The highest BCUT2D eigenvalue weighted by molar-refractivity contribution is 7.92. The lowest BCUT2D eigenvalue weighted by molar-refractivity contribution is -0.141. The van der Waals surface area contributed by atoms with Gasteiger partial charge in [0, 0.05) is 35.3 Å². The molecule has 0 bridgehead atoms. The number of carbonyl (C=O) groups is 1. The van der Waals surface area contributed by atoms with Gasteiger partial charge in [-0.2, -0.15) is 5.10 Å². The standard InChI is InChI=1S/C20H22ClFN6O4S/c1-11(6-17(29)32-2)9-24-20-23-5-4-15(26-20)14-10-25-27-19(14)13-7-12(21)8-16(18(13)22)28-33(3,30)31/h4-5,7-8,10-11,28H,6,9H2,1-3H3,(H,25,27)(H,23,24,26)/t11-/m1/s1. The molecule has 0 fully saturated rings. The van der Waals surface area contributed by atoms with Crippen LogP contribution >= 0.6 is 11.6 Å². The van der Waals surface area contributed by atoms with E-state index >= 15 is 4.39 Å². The molecule has 176 valence electrons. The molecular formula is C20H22ClFN6O4S. The summed E-state index contributed by atoms with van der Waals surface area (Å²) in [4.78, 5) is 20.0. The molecule has 0 radical (unpaired) electrons. The predicted molar refractivity (Wildman–Crippen MR) is 123 cm³/mol. The molecule has 10 nitrogen and oxygen atoms in total. The van der Waals surface area contributed by atoms with Crippen LogP contribution in [0.2, 0.25) is 5.02 Å². The van der Waals surface area contributed by atoms with E-state index in [4.69, 9.17) is 11.6 Å². The number of benzene rings is 1. The van der Waals surface area contributed by atoms with Crippen LogP contribution < -0.4 is 10.0 Å². The van der Waals surface area contributed by atoms with Crippen LogP contribution in [0, 0.1) is 11.7 Å². The molecule has 0 aliphatic rings. The van der Waals surface area contributed by atoms with Gasteiger partial charge in [-0.3, -0.25) is 14.6 Å². The van der Waals surface area contributed by atoms with Gasteiger partial charge in [0.25, 0.3) is 0 Å². The van der Waals surface area contributed by atoms with E-state index in [0.29, 0.717) is 23.8 Å². The summed E-state index contributed by atoms with van der Waals surface area (Å²) in [6.07, 6.45) is 4.14. The van der Waals surface area contributed by atoms with Crippen LogP contribution in [0.4, 0.5) is 16.0 Å². The van der Waals surface area contributed by atoms with Crippen LogP contribution in [0.15, 0.2) is 30.6 Å². The van der Waals surface area contributed by atoms with E-state index in [1.807, 2.05) is 6.92 Å². The lowest BCUT2D eigenvalue weighted by Crippen LogP contribution is -2.17. The number of halogens is 2. The Morgan fingerprint density at radius 1 is 1.33 bits per heavy atom. The van der Waals surface area contributed by atoms with Gasteiger partial charge in [-0.05, 0) is 24.1 Å². The normalized spacial score (nSPS) is 12.3. The molecule has 13 heteroatoms. The molecule has 1 aromatic carbocycles. The molecule has 0 unspecified atom stereocenters. The summed E-state index contributed by atoms with van der Waals surface area (Å²) >= 11 is 6.10. The van der Waals surface area contributed by atoms with Crippen molar-refractivity contribution in [3.8, 4) is 22.5 Å². The van der Waals surface area contributed by atoms with Crippen LogP contribution in [-0.2, 0) is 19.6 Å². The molecule has 33 heavy (non-hydrogen) atoms. The average molecular weight is 497 g/mol. The zero-order valence-corrected chi connectivity index (χ0v) is 19.6. The number of carbonyl (C=O) groups excluding carboxylic acids is 1. The quantitative estimate of drug-likeness (QED) is 0.383. The SMILES string of the molecule is COC(=O)C[C@@H](C)CNc1nccc(-c2cn[nH]c2-c2cc(Cl)cc(NS(C)(=O)=O)c2F)n1. The summed E-state index contributed by atoms with van der Waals surface area (Å²) in [5.74, 6) is -0.840. The molecule has 0 spiro atoms. The van der Waals surface area contributed by atoms with Gasteiger partial charge in [0.05, 0.1) is 36.6 Å². The third-order valence-electron chi connectivity index (χ3n) is 4.52. The van der Waals surface area contributed by atoms with E-state index in [1.165, 1.54) is 31.6 Å². The maximum atomic E-state index is 15.1. The second kappa shape index (κ2) is 10.1. The zero-order valence-electron chi connectivity index (χ0n) is 18.0. The van der Waals surface area contributed by atoms with E-state index in [2.05, 4.69) is 34.9 Å². The second-order valence-corrected chi connectivity index (χ2v) is 9.56. The Morgan fingerprint density at radius 2 is 2.09 bits per heavy atom. The van der Waals surface area contributed by atoms with Crippen LogP contribution in [-0.4, -0.2) is 54.5 Å². The van der Waals surface area contributed by atoms with Gasteiger partial charge in [-0.25, -0.2) is 22.8 Å². The van der Waals surface area contributed by atoms with Gasteiger partial charge in [0.15, 0.2) is 5.82 Å². The Morgan fingerprint density at radius 3 is 2.79 bits per heavy atom. The summed E-state index contributed by atoms with van der Waals surface area (Å²) in [5, 5.41) is 9.89. The highest BCUT2D eigenvalue weighted by Crippen LogP contribution is 2.36. The Kier molecular flexibility index (Phi) is 7.49. The van der Waals surface area contributed by atoms with Gasteiger partial charge in [-0.1, -0.05) is 18.5 Å². The number of rotatable bonds is 9. The molecular weight excluding hydrogens is 475 g/mol. The molecule has 0 saturated heterocycles. The fourth-order valence-electron chi connectivity index (χ4n) is 3.03. The van der Waals surface area contributed by atoms with Crippen LogP contribution in [0.5, 0.6) is 0 Å². The van der Waals surface area contributed by atoms with Gasteiger partial charge in [0.2, 0.25) is 16.0 Å². The molecule has 3 rings (SSSR count). The van der Waals surface area contributed by atoms with E-state index < -0.39 is 15.8 Å².